The van der Waals surface area contributed by atoms with Crippen molar-refractivity contribution < 1.29 is 9.84 Å². The maximum atomic E-state index is 10.4. The third-order valence-electron chi connectivity index (χ3n) is 6.20. The minimum atomic E-state index is -0.199. The molecule has 0 saturated heterocycles. The molecule has 0 aliphatic heterocycles. The van der Waals surface area contributed by atoms with Gasteiger partial charge in [-0.05, 0) is 78.5 Å². The number of allylic oxidation sites excluding steroid dienone is 2. The quantitative estimate of drug-likeness (QED) is 0.842. The van der Waals surface area contributed by atoms with Crippen LogP contribution in [0, 0.1) is 12.3 Å². The van der Waals surface area contributed by atoms with Crippen molar-refractivity contribution in [1.29, 1.82) is 0 Å². The molecule has 0 fully saturated rings. The Morgan fingerprint density at radius 2 is 2.00 bits per heavy atom. The molecule has 1 aromatic rings. The second-order valence-electron chi connectivity index (χ2n) is 7.16. The first-order chi connectivity index (χ1) is 10.6. The number of ether oxygens (including phenoxy) is 1. The van der Waals surface area contributed by atoms with E-state index >= 15 is 0 Å². The van der Waals surface area contributed by atoms with Crippen LogP contribution in [-0.2, 0) is 6.42 Å². The van der Waals surface area contributed by atoms with Gasteiger partial charge in [-0.3, -0.25) is 0 Å². The molecule has 1 N–H and O–H groups in total. The summed E-state index contributed by atoms with van der Waals surface area (Å²) in [7, 11) is 1.75. The Kier molecular flexibility index (Phi) is 3.02. The second kappa shape index (κ2) is 4.73. The van der Waals surface area contributed by atoms with Crippen LogP contribution < -0.4 is 4.74 Å². The molecule has 0 unspecified atom stereocenters. The third-order valence-corrected chi connectivity index (χ3v) is 6.20. The summed E-state index contributed by atoms with van der Waals surface area (Å²) in [6, 6.07) is 4.35. The molecule has 0 saturated carbocycles. The molecule has 4 rings (SSSR count). The number of aliphatic hydroxyl groups is 1. The molecule has 22 heavy (non-hydrogen) atoms. The van der Waals surface area contributed by atoms with Crippen LogP contribution in [0.25, 0.3) is 5.57 Å². The maximum Gasteiger partial charge on any atom is 0.122 e. The number of methoxy groups -OCH3 is 1. The van der Waals surface area contributed by atoms with Crippen LogP contribution in [0.5, 0.6) is 5.75 Å². The molecule has 0 amide bonds. The molecule has 0 spiro atoms. The predicted molar refractivity (Wildman–Crippen MR) is 89.0 cm³/mol. The summed E-state index contributed by atoms with van der Waals surface area (Å²) >= 11 is 0. The summed E-state index contributed by atoms with van der Waals surface area (Å²) in [4.78, 5) is 0. The Morgan fingerprint density at radius 1 is 1.18 bits per heavy atom. The highest BCUT2D eigenvalue weighted by Crippen LogP contribution is 2.55. The lowest BCUT2D eigenvalue weighted by atomic mass is 9.65. The van der Waals surface area contributed by atoms with Crippen LogP contribution >= 0.6 is 0 Å². The Labute approximate surface area is 132 Å². The molecule has 0 heterocycles. The summed E-state index contributed by atoms with van der Waals surface area (Å²) in [5.74, 6) is 0.999. The van der Waals surface area contributed by atoms with Gasteiger partial charge in [-0.15, -0.1) is 0 Å². The van der Waals surface area contributed by atoms with Crippen LogP contribution in [0.2, 0.25) is 0 Å². The van der Waals surface area contributed by atoms with Crippen molar-refractivity contribution in [3.05, 3.63) is 46.0 Å². The number of benzene rings is 1. The van der Waals surface area contributed by atoms with Crippen molar-refractivity contribution in [3.8, 4) is 5.75 Å². The van der Waals surface area contributed by atoms with E-state index in [1.54, 1.807) is 7.11 Å². The largest absolute Gasteiger partial charge is 0.496 e. The highest BCUT2D eigenvalue weighted by molar-refractivity contribution is 5.80. The molecule has 2 heteroatoms. The Balaban J connectivity index is 1.86. The van der Waals surface area contributed by atoms with E-state index in [2.05, 4.69) is 32.1 Å². The summed E-state index contributed by atoms with van der Waals surface area (Å²) < 4.78 is 5.49. The van der Waals surface area contributed by atoms with Crippen LogP contribution in [0.1, 0.15) is 49.3 Å². The van der Waals surface area contributed by atoms with Gasteiger partial charge in [0.25, 0.3) is 0 Å². The van der Waals surface area contributed by atoms with Crippen molar-refractivity contribution in [2.75, 3.05) is 7.11 Å². The molecule has 2 atom stereocenters. The van der Waals surface area contributed by atoms with Crippen LogP contribution in [0.4, 0.5) is 0 Å². The number of hydrogen-bond donors (Lipinski definition) is 1. The summed E-state index contributed by atoms with van der Waals surface area (Å²) in [6.07, 6.45) is 7.24. The number of fused-ring (bicyclic) bond motifs is 4. The number of hydrogen-bond acceptors (Lipinski definition) is 2. The molecule has 0 radical (unpaired) electrons. The lowest BCUT2D eigenvalue weighted by molar-refractivity contribution is 0.0728. The Bertz CT molecular complexity index is 711. The lowest BCUT2D eigenvalue weighted by Crippen LogP contribution is -2.33. The smallest absolute Gasteiger partial charge is 0.122 e. The molecule has 1 aromatic carbocycles. The van der Waals surface area contributed by atoms with E-state index in [1.165, 1.54) is 33.4 Å². The molecule has 2 nitrogen and oxygen atoms in total. The topological polar surface area (TPSA) is 29.5 Å². The average Bonchev–Trinajstić information content (AvgIpc) is 2.83. The Hall–Kier alpha value is -1.54. The van der Waals surface area contributed by atoms with E-state index < -0.39 is 0 Å². The third kappa shape index (κ3) is 1.70. The van der Waals surface area contributed by atoms with Gasteiger partial charge in [-0.2, -0.15) is 0 Å². The summed E-state index contributed by atoms with van der Waals surface area (Å²) in [6.45, 7) is 4.42. The first-order valence-corrected chi connectivity index (χ1v) is 8.34. The lowest BCUT2D eigenvalue weighted by Gasteiger charge is -2.41. The van der Waals surface area contributed by atoms with Crippen molar-refractivity contribution in [2.45, 2.75) is 52.1 Å². The summed E-state index contributed by atoms with van der Waals surface area (Å²) in [5, 5.41) is 10.4. The normalized spacial score (nSPS) is 29.6. The molecule has 3 aliphatic carbocycles. The second-order valence-corrected chi connectivity index (χ2v) is 7.16. The van der Waals surface area contributed by atoms with Gasteiger partial charge in [0, 0.05) is 5.41 Å². The van der Waals surface area contributed by atoms with E-state index in [0.717, 1.165) is 37.9 Å². The maximum absolute atomic E-state index is 10.4. The first kappa shape index (κ1) is 14.1. The fourth-order valence-electron chi connectivity index (χ4n) is 4.76. The predicted octanol–water partition coefficient (Wildman–Crippen LogP) is 4.19. The van der Waals surface area contributed by atoms with E-state index in [0.29, 0.717) is 0 Å². The first-order valence-electron chi connectivity index (χ1n) is 8.34. The molecular formula is C20H24O2. The zero-order valence-electron chi connectivity index (χ0n) is 13.7. The van der Waals surface area contributed by atoms with Crippen molar-refractivity contribution in [3.63, 3.8) is 0 Å². The molecular weight excluding hydrogens is 272 g/mol. The van der Waals surface area contributed by atoms with E-state index in [4.69, 9.17) is 4.74 Å². The van der Waals surface area contributed by atoms with Gasteiger partial charge in [0.1, 0.15) is 5.75 Å². The van der Waals surface area contributed by atoms with E-state index in [-0.39, 0.29) is 11.5 Å². The van der Waals surface area contributed by atoms with Crippen LogP contribution in [0.3, 0.4) is 0 Å². The SMILES string of the molecule is COc1ccc2c(c1C)CCC1=C2CC[C@@]2(C)C1=CC[C@@H]2O. The molecule has 0 bridgehead atoms. The zero-order chi connectivity index (χ0) is 15.5. The zero-order valence-corrected chi connectivity index (χ0v) is 13.7. The highest BCUT2D eigenvalue weighted by Gasteiger charge is 2.45. The molecule has 3 aliphatic rings. The average molecular weight is 296 g/mol. The standard InChI is InChI=1S/C20H24O2/c1-12-13-4-5-16-15(14(13)6-8-18(12)22-3)10-11-20(2)17(16)7-9-19(20)21/h6-8,19,21H,4-5,9-11H2,1-3H3/t19-,20-/m0/s1. The van der Waals surface area contributed by atoms with Crippen LogP contribution in [0.15, 0.2) is 29.4 Å². The van der Waals surface area contributed by atoms with E-state index in [9.17, 15) is 5.11 Å². The van der Waals surface area contributed by atoms with Gasteiger partial charge < -0.3 is 9.84 Å². The molecule has 0 aromatic heterocycles. The summed E-state index contributed by atoms with van der Waals surface area (Å²) in [5.41, 5.74) is 8.62. The van der Waals surface area contributed by atoms with Gasteiger partial charge in [-0.1, -0.05) is 19.1 Å². The van der Waals surface area contributed by atoms with Gasteiger partial charge in [-0.25, -0.2) is 0 Å². The van der Waals surface area contributed by atoms with E-state index in [1.807, 2.05) is 0 Å². The van der Waals surface area contributed by atoms with Crippen molar-refractivity contribution in [1.82, 2.24) is 0 Å². The van der Waals surface area contributed by atoms with Gasteiger partial charge in [0.05, 0.1) is 13.2 Å². The Morgan fingerprint density at radius 3 is 2.77 bits per heavy atom. The number of aliphatic hydroxyl groups excluding tert-OH is 1. The van der Waals surface area contributed by atoms with Crippen molar-refractivity contribution in [2.24, 2.45) is 5.41 Å². The molecule has 116 valence electrons. The van der Waals surface area contributed by atoms with Crippen molar-refractivity contribution >= 4 is 5.57 Å². The minimum absolute atomic E-state index is 0.0160. The van der Waals surface area contributed by atoms with Gasteiger partial charge in [0.2, 0.25) is 0 Å². The fraction of sp³-hybridized carbons (Fsp3) is 0.500. The van der Waals surface area contributed by atoms with Gasteiger partial charge in [0.15, 0.2) is 0 Å². The highest BCUT2D eigenvalue weighted by atomic mass is 16.5. The number of rotatable bonds is 1. The fourth-order valence-corrected chi connectivity index (χ4v) is 4.76. The minimum Gasteiger partial charge on any atom is -0.496 e. The van der Waals surface area contributed by atoms with Gasteiger partial charge >= 0.3 is 0 Å². The van der Waals surface area contributed by atoms with Crippen LogP contribution in [-0.4, -0.2) is 18.3 Å². The monoisotopic (exact) mass is 296 g/mol.